The van der Waals surface area contributed by atoms with Crippen LogP contribution in [0.4, 0.5) is 0 Å². The van der Waals surface area contributed by atoms with Gasteiger partial charge in [0, 0.05) is 19.9 Å². The Hall–Kier alpha value is -1.69. The summed E-state index contributed by atoms with van der Waals surface area (Å²) in [4.78, 5) is 11.5. The summed E-state index contributed by atoms with van der Waals surface area (Å²) in [5, 5.41) is 8.52. The number of esters is 1. The van der Waals surface area contributed by atoms with Gasteiger partial charge < -0.3 is 10.1 Å². The Morgan fingerprint density at radius 3 is 2.65 bits per heavy atom. The summed E-state index contributed by atoms with van der Waals surface area (Å²) in [6, 6.07) is 0. The number of hydrogen-bond donors (Lipinski definition) is 2. The Morgan fingerprint density at radius 1 is 1.15 bits per heavy atom. The van der Waals surface area contributed by atoms with Gasteiger partial charge in [0.15, 0.2) is 5.11 Å². The van der Waals surface area contributed by atoms with Gasteiger partial charge in [0.05, 0.1) is 5.71 Å². The van der Waals surface area contributed by atoms with Crippen molar-refractivity contribution in [2.75, 3.05) is 6.54 Å². The highest BCUT2D eigenvalue weighted by Gasteiger charge is 2.57. The van der Waals surface area contributed by atoms with E-state index < -0.39 is 0 Å². The molecule has 34 heavy (non-hydrogen) atoms. The van der Waals surface area contributed by atoms with Gasteiger partial charge >= 0.3 is 5.97 Å². The third kappa shape index (κ3) is 4.72. The summed E-state index contributed by atoms with van der Waals surface area (Å²) >= 11 is 5.39. The fraction of sp³-hybridized carbons (Fsp3) is 0.750. The summed E-state index contributed by atoms with van der Waals surface area (Å²) in [5.41, 5.74) is 7.55. The van der Waals surface area contributed by atoms with Crippen LogP contribution in [0, 0.1) is 28.6 Å². The van der Waals surface area contributed by atoms with Crippen LogP contribution < -0.4 is 10.7 Å². The predicted octanol–water partition coefficient (Wildman–Crippen LogP) is 6.06. The number of carbonyl (C=O) groups is 1. The number of hydrazone groups is 1. The van der Waals surface area contributed by atoms with E-state index in [1.165, 1.54) is 25.3 Å². The molecule has 4 rings (SSSR count). The molecule has 4 aliphatic rings. The zero-order valence-electron chi connectivity index (χ0n) is 21.7. The fourth-order valence-corrected chi connectivity index (χ4v) is 7.85. The van der Waals surface area contributed by atoms with Crippen molar-refractivity contribution in [3.8, 4) is 0 Å². The molecule has 0 aromatic heterocycles. The van der Waals surface area contributed by atoms with Crippen LogP contribution in [0.25, 0.3) is 0 Å². The minimum atomic E-state index is -0.148. The Kier molecular flexibility index (Phi) is 7.56. The number of unbranched alkanes of at least 4 members (excludes halogenated alkanes) is 1. The van der Waals surface area contributed by atoms with Crippen LogP contribution in [0.3, 0.4) is 0 Å². The molecule has 4 aliphatic carbocycles. The Bertz CT molecular complexity index is 909. The van der Waals surface area contributed by atoms with Crippen LogP contribution in [0.5, 0.6) is 0 Å². The van der Waals surface area contributed by atoms with E-state index in [-0.39, 0.29) is 22.9 Å². The van der Waals surface area contributed by atoms with Crippen molar-refractivity contribution < 1.29 is 9.53 Å². The normalized spacial score (nSPS) is 36.9. The molecule has 0 bridgehead atoms. The maximum absolute atomic E-state index is 11.5. The zero-order valence-corrected chi connectivity index (χ0v) is 22.5. The van der Waals surface area contributed by atoms with Gasteiger partial charge in [-0.15, -0.1) is 0 Å². The average Bonchev–Trinajstić information content (AvgIpc) is 3.15. The van der Waals surface area contributed by atoms with E-state index in [0.29, 0.717) is 16.9 Å². The molecule has 6 heteroatoms. The number of thiocarbonyl (C=S) groups is 1. The summed E-state index contributed by atoms with van der Waals surface area (Å²) < 4.78 is 5.59. The first-order chi connectivity index (χ1) is 16.2. The number of nitrogens with one attached hydrogen (secondary N) is 2. The van der Waals surface area contributed by atoms with E-state index in [0.717, 1.165) is 63.1 Å². The van der Waals surface area contributed by atoms with Gasteiger partial charge in [-0.1, -0.05) is 44.9 Å². The van der Waals surface area contributed by atoms with Crippen LogP contribution in [-0.4, -0.2) is 29.4 Å². The summed E-state index contributed by atoms with van der Waals surface area (Å²) in [6.07, 6.45) is 15.1. The van der Waals surface area contributed by atoms with Crippen LogP contribution in [0.15, 0.2) is 28.4 Å². The summed E-state index contributed by atoms with van der Waals surface area (Å²) in [6.45, 7) is 11.7. The average molecular weight is 486 g/mol. The van der Waals surface area contributed by atoms with E-state index in [2.05, 4.69) is 55.7 Å². The second kappa shape index (κ2) is 10.1. The predicted molar refractivity (Wildman–Crippen MR) is 142 cm³/mol. The molecule has 188 valence electrons. The van der Waals surface area contributed by atoms with Gasteiger partial charge in [0.2, 0.25) is 0 Å². The van der Waals surface area contributed by atoms with E-state index in [4.69, 9.17) is 17.0 Å². The molecule has 0 radical (unpaired) electrons. The van der Waals surface area contributed by atoms with E-state index in [9.17, 15) is 4.79 Å². The first-order valence-corrected chi connectivity index (χ1v) is 13.8. The molecule has 2 N–H and O–H groups in total. The molecule has 2 saturated carbocycles. The molecule has 2 fully saturated rings. The monoisotopic (exact) mass is 485 g/mol. The lowest BCUT2D eigenvalue weighted by Gasteiger charge is -2.57. The van der Waals surface area contributed by atoms with Gasteiger partial charge in [-0.25, -0.2) is 0 Å². The van der Waals surface area contributed by atoms with Crippen molar-refractivity contribution in [2.24, 2.45) is 33.7 Å². The molecule has 6 atom stereocenters. The van der Waals surface area contributed by atoms with E-state index >= 15 is 0 Å². The number of allylic oxidation sites excluding steroid dienone is 3. The lowest BCUT2D eigenvalue weighted by Crippen LogP contribution is -2.50. The van der Waals surface area contributed by atoms with Crippen LogP contribution in [0.1, 0.15) is 92.4 Å². The smallest absolute Gasteiger partial charge is 0.302 e. The fourth-order valence-electron chi connectivity index (χ4n) is 7.70. The van der Waals surface area contributed by atoms with Gasteiger partial charge in [-0.3, -0.25) is 10.2 Å². The van der Waals surface area contributed by atoms with Gasteiger partial charge in [-0.2, -0.15) is 5.10 Å². The molecule has 0 spiro atoms. The number of hydrogen-bond acceptors (Lipinski definition) is 4. The molecule has 0 aromatic carbocycles. The number of rotatable bonds is 6. The molecule has 0 aliphatic heterocycles. The highest BCUT2D eigenvalue weighted by Crippen LogP contribution is 2.65. The molecule has 0 saturated heterocycles. The van der Waals surface area contributed by atoms with Crippen molar-refractivity contribution in [1.29, 1.82) is 0 Å². The van der Waals surface area contributed by atoms with Gasteiger partial charge in [-0.05, 0) is 98.2 Å². The molecular formula is C28H43N3O2S. The van der Waals surface area contributed by atoms with Crippen molar-refractivity contribution in [3.05, 3.63) is 23.3 Å². The molecule has 0 unspecified atom stereocenters. The molecule has 0 amide bonds. The topological polar surface area (TPSA) is 62.7 Å². The standard InChI is InChI=1S/C28H43N3O2S/c1-6-7-16-29-26(34)31-30-18(2)23-10-11-24-22-9-8-20-17-21(33-19(3)32)12-14-27(20,4)25(22)13-15-28(23,24)5/h8,10,21-22,24-25H,6-7,9,11-17H2,1-5H3,(H2,29,31,34)/t21-,22-,24-,25-,27-,28+/m0/s1. The SMILES string of the molecule is CCCCNC(=S)NN=C(C)C1=CC[C@H]2[C@@H]3CC=C4C[C@@H](OC(C)=O)CC[C@]4(C)[C@H]3CC[C@]12C. The molecule has 0 aromatic rings. The summed E-state index contributed by atoms with van der Waals surface area (Å²) in [5.74, 6) is 1.96. The van der Waals surface area contributed by atoms with Crippen LogP contribution >= 0.6 is 12.2 Å². The van der Waals surface area contributed by atoms with E-state index in [1.54, 1.807) is 5.57 Å². The Balaban J connectivity index is 1.45. The number of ether oxygens (including phenoxy) is 1. The van der Waals surface area contributed by atoms with Gasteiger partial charge in [0.1, 0.15) is 6.10 Å². The minimum Gasteiger partial charge on any atom is -0.462 e. The van der Waals surface area contributed by atoms with E-state index in [1.807, 2.05) is 0 Å². The van der Waals surface area contributed by atoms with Crippen molar-refractivity contribution in [3.63, 3.8) is 0 Å². The number of nitrogens with zero attached hydrogens (tertiary/aromatic N) is 1. The third-order valence-corrected chi connectivity index (χ3v) is 9.74. The Labute approximate surface area is 211 Å². The maximum atomic E-state index is 11.5. The van der Waals surface area contributed by atoms with Gasteiger partial charge in [0.25, 0.3) is 0 Å². The lowest BCUT2D eigenvalue weighted by atomic mass is 9.47. The third-order valence-electron chi connectivity index (χ3n) is 9.50. The first kappa shape index (κ1) is 25.4. The molecule has 5 nitrogen and oxygen atoms in total. The van der Waals surface area contributed by atoms with Crippen molar-refractivity contribution in [2.45, 2.75) is 98.5 Å². The second-order valence-electron chi connectivity index (χ2n) is 11.5. The highest BCUT2D eigenvalue weighted by molar-refractivity contribution is 7.80. The molecular weight excluding hydrogens is 442 g/mol. The van der Waals surface area contributed by atoms with Crippen LogP contribution in [0.2, 0.25) is 0 Å². The second-order valence-corrected chi connectivity index (χ2v) is 11.9. The lowest BCUT2D eigenvalue weighted by molar-refractivity contribution is -0.148. The van der Waals surface area contributed by atoms with Crippen LogP contribution in [-0.2, 0) is 9.53 Å². The minimum absolute atomic E-state index is 0.0656. The Morgan fingerprint density at radius 2 is 1.91 bits per heavy atom. The maximum Gasteiger partial charge on any atom is 0.302 e. The number of fused-ring (bicyclic) bond motifs is 5. The van der Waals surface area contributed by atoms with Crippen molar-refractivity contribution >= 4 is 29.0 Å². The summed E-state index contributed by atoms with van der Waals surface area (Å²) in [7, 11) is 0. The first-order valence-electron chi connectivity index (χ1n) is 13.3. The van der Waals surface area contributed by atoms with Crippen molar-refractivity contribution in [1.82, 2.24) is 10.7 Å². The highest BCUT2D eigenvalue weighted by atomic mass is 32.1. The molecule has 0 heterocycles. The quantitative estimate of drug-likeness (QED) is 0.120. The largest absolute Gasteiger partial charge is 0.462 e. The zero-order chi connectivity index (χ0) is 24.5. The number of carbonyl (C=O) groups excluding carboxylic acids is 1.